The highest BCUT2D eigenvalue weighted by Gasteiger charge is 2.23. The minimum Gasteiger partial charge on any atom is -0.502 e. The summed E-state index contributed by atoms with van der Waals surface area (Å²) >= 11 is 3.28. The first-order valence-corrected chi connectivity index (χ1v) is 10.1. The third-order valence-electron chi connectivity index (χ3n) is 4.37. The molecule has 0 aliphatic carbocycles. The van der Waals surface area contributed by atoms with E-state index in [1.165, 1.54) is 18.2 Å². The van der Waals surface area contributed by atoms with Crippen LogP contribution in [-0.2, 0) is 0 Å². The van der Waals surface area contributed by atoms with Gasteiger partial charge >= 0.3 is 5.69 Å². The molecule has 0 aliphatic heterocycles. The van der Waals surface area contributed by atoms with Crippen LogP contribution in [0.25, 0.3) is 0 Å². The van der Waals surface area contributed by atoms with Crippen molar-refractivity contribution in [2.45, 2.75) is 0 Å². The van der Waals surface area contributed by atoms with Gasteiger partial charge in [0.25, 0.3) is 17.5 Å². The van der Waals surface area contributed by atoms with Gasteiger partial charge in [-0.15, -0.1) is 0 Å². The van der Waals surface area contributed by atoms with Gasteiger partial charge in [-0.25, -0.2) is 5.43 Å². The number of hydrazone groups is 1. The number of amides is 2. The Balaban J connectivity index is 1.73. The van der Waals surface area contributed by atoms with Crippen molar-refractivity contribution in [2.24, 2.45) is 5.10 Å². The fourth-order valence-corrected chi connectivity index (χ4v) is 3.00. The molecule has 2 amide bonds. The van der Waals surface area contributed by atoms with Crippen LogP contribution in [0.4, 0.5) is 17.1 Å². The number of anilines is 1. The fourth-order valence-electron chi connectivity index (χ4n) is 2.74. The van der Waals surface area contributed by atoms with Gasteiger partial charge in [-0.2, -0.15) is 5.10 Å². The number of nitro groups is 2. The normalized spacial score (nSPS) is 10.6. The Morgan fingerprint density at radius 1 is 0.941 bits per heavy atom. The van der Waals surface area contributed by atoms with Crippen molar-refractivity contribution in [2.75, 3.05) is 5.32 Å². The summed E-state index contributed by atoms with van der Waals surface area (Å²) in [6.07, 6.45) is 0.840. The van der Waals surface area contributed by atoms with Crippen molar-refractivity contribution in [1.82, 2.24) is 5.43 Å². The highest BCUT2D eigenvalue weighted by Crippen LogP contribution is 2.33. The molecule has 172 valence electrons. The number of rotatable bonds is 7. The molecule has 0 unspecified atom stereocenters. The quantitative estimate of drug-likeness (QED) is 0.236. The van der Waals surface area contributed by atoms with E-state index in [4.69, 9.17) is 0 Å². The molecule has 34 heavy (non-hydrogen) atoms. The van der Waals surface area contributed by atoms with E-state index in [1.54, 1.807) is 30.3 Å². The van der Waals surface area contributed by atoms with Crippen molar-refractivity contribution in [3.05, 3.63) is 102 Å². The van der Waals surface area contributed by atoms with Crippen LogP contribution >= 0.6 is 15.9 Å². The van der Waals surface area contributed by atoms with Crippen LogP contribution in [0.1, 0.15) is 26.3 Å². The SMILES string of the molecule is O=C(NN=Cc1cc([N+](=O)[O-])cc([N+](=O)[O-])c1O)c1cccc(NC(=O)c2ccc(Br)cc2)c1. The molecule has 12 nitrogen and oxygen atoms in total. The number of nitrogens with zero attached hydrogens (tertiary/aromatic N) is 3. The number of nitrogens with one attached hydrogen (secondary N) is 2. The van der Waals surface area contributed by atoms with Crippen molar-refractivity contribution in [1.29, 1.82) is 0 Å². The summed E-state index contributed by atoms with van der Waals surface area (Å²) < 4.78 is 0.816. The van der Waals surface area contributed by atoms with Gasteiger partial charge in [-0.3, -0.25) is 29.8 Å². The Labute approximate surface area is 199 Å². The average Bonchev–Trinajstić information content (AvgIpc) is 2.80. The molecule has 3 aromatic rings. The second-order valence-corrected chi connectivity index (χ2v) is 7.57. The molecule has 0 atom stereocenters. The topological polar surface area (TPSA) is 177 Å². The van der Waals surface area contributed by atoms with Crippen LogP contribution in [0.3, 0.4) is 0 Å². The number of benzene rings is 3. The Bertz CT molecular complexity index is 1330. The summed E-state index contributed by atoms with van der Waals surface area (Å²) in [5.41, 5.74) is 1.18. The van der Waals surface area contributed by atoms with Gasteiger partial charge in [0.1, 0.15) is 0 Å². The molecule has 0 heterocycles. The van der Waals surface area contributed by atoms with Crippen molar-refractivity contribution in [3.8, 4) is 5.75 Å². The zero-order chi connectivity index (χ0) is 24.8. The van der Waals surface area contributed by atoms with Gasteiger partial charge < -0.3 is 10.4 Å². The number of halogens is 1. The summed E-state index contributed by atoms with van der Waals surface area (Å²) in [5, 5.41) is 38.2. The molecule has 0 saturated heterocycles. The lowest BCUT2D eigenvalue weighted by atomic mass is 10.1. The summed E-state index contributed by atoms with van der Waals surface area (Å²) in [6.45, 7) is 0. The van der Waals surface area contributed by atoms with Gasteiger partial charge in [-0.05, 0) is 42.5 Å². The molecule has 0 fully saturated rings. The van der Waals surface area contributed by atoms with E-state index in [2.05, 4.69) is 31.8 Å². The zero-order valence-corrected chi connectivity index (χ0v) is 18.6. The second-order valence-electron chi connectivity index (χ2n) is 6.66. The van der Waals surface area contributed by atoms with Crippen molar-refractivity contribution >= 4 is 51.0 Å². The molecule has 0 aromatic heterocycles. The number of aromatic hydroxyl groups is 1. The van der Waals surface area contributed by atoms with Crippen LogP contribution in [0.5, 0.6) is 5.75 Å². The Hall–Kier alpha value is -4.65. The maximum Gasteiger partial charge on any atom is 0.318 e. The van der Waals surface area contributed by atoms with E-state index in [0.29, 0.717) is 17.3 Å². The highest BCUT2D eigenvalue weighted by molar-refractivity contribution is 9.10. The molecule has 3 N–H and O–H groups in total. The number of carbonyl (C=O) groups excluding carboxylic acids is 2. The first-order chi connectivity index (χ1) is 16.2. The summed E-state index contributed by atoms with van der Waals surface area (Å²) in [6, 6.07) is 14.1. The predicted octanol–water partition coefficient (Wildman–Crippen LogP) is 3.99. The lowest BCUT2D eigenvalue weighted by molar-refractivity contribution is -0.394. The number of non-ortho nitro benzene ring substituents is 1. The van der Waals surface area contributed by atoms with Gasteiger partial charge in [0.2, 0.25) is 5.75 Å². The van der Waals surface area contributed by atoms with E-state index < -0.39 is 32.9 Å². The maximum absolute atomic E-state index is 12.4. The standard InChI is InChI=1S/C21H14BrN5O7/c22-15-6-4-12(5-7-15)20(29)24-16-3-1-2-13(8-16)21(30)25-23-11-14-9-17(26(31)32)10-18(19(14)28)27(33)34/h1-11,28H,(H,24,29)(H,25,30). The monoisotopic (exact) mass is 527 g/mol. The highest BCUT2D eigenvalue weighted by atomic mass is 79.9. The molecule has 3 aromatic carbocycles. The first-order valence-electron chi connectivity index (χ1n) is 9.32. The molecular formula is C21H14BrN5O7. The summed E-state index contributed by atoms with van der Waals surface area (Å²) in [5.74, 6) is -1.92. The van der Waals surface area contributed by atoms with Gasteiger partial charge in [0, 0.05) is 27.4 Å². The lowest BCUT2D eigenvalue weighted by Gasteiger charge is -2.07. The number of hydrogen-bond acceptors (Lipinski definition) is 8. The molecule has 0 aliphatic rings. The molecule has 13 heteroatoms. The fraction of sp³-hybridized carbons (Fsp3) is 0. The van der Waals surface area contributed by atoms with Crippen LogP contribution in [0.15, 0.2) is 70.2 Å². The molecule has 0 radical (unpaired) electrons. The van der Waals surface area contributed by atoms with E-state index in [1.807, 2.05) is 0 Å². The van der Waals surface area contributed by atoms with Gasteiger partial charge in [0.05, 0.1) is 27.7 Å². The smallest absolute Gasteiger partial charge is 0.318 e. The largest absolute Gasteiger partial charge is 0.502 e. The van der Waals surface area contributed by atoms with E-state index in [9.17, 15) is 34.9 Å². The van der Waals surface area contributed by atoms with Crippen LogP contribution in [0.2, 0.25) is 0 Å². The summed E-state index contributed by atoms with van der Waals surface area (Å²) in [7, 11) is 0. The maximum atomic E-state index is 12.4. The summed E-state index contributed by atoms with van der Waals surface area (Å²) in [4.78, 5) is 44.9. The zero-order valence-electron chi connectivity index (χ0n) is 17.0. The van der Waals surface area contributed by atoms with Crippen molar-refractivity contribution < 1.29 is 24.5 Å². The lowest BCUT2D eigenvalue weighted by Crippen LogP contribution is -2.18. The van der Waals surface area contributed by atoms with Gasteiger partial charge in [0.15, 0.2) is 0 Å². The minimum absolute atomic E-state index is 0.125. The van der Waals surface area contributed by atoms with E-state index >= 15 is 0 Å². The van der Waals surface area contributed by atoms with Crippen LogP contribution in [-0.4, -0.2) is 33.0 Å². The third-order valence-corrected chi connectivity index (χ3v) is 4.90. The van der Waals surface area contributed by atoms with E-state index in [0.717, 1.165) is 16.8 Å². The number of nitro benzene ring substituents is 2. The predicted molar refractivity (Wildman–Crippen MR) is 125 cm³/mol. The molecule has 0 spiro atoms. The average molecular weight is 528 g/mol. The number of hydrogen-bond donors (Lipinski definition) is 3. The molecule has 3 rings (SSSR count). The van der Waals surface area contributed by atoms with Crippen LogP contribution in [0, 0.1) is 20.2 Å². The molecule has 0 bridgehead atoms. The second kappa shape index (κ2) is 10.3. The third kappa shape index (κ3) is 5.77. The van der Waals surface area contributed by atoms with Crippen LogP contribution < -0.4 is 10.7 Å². The molecular weight excluding hydrogens is 514 g/mol. The van der Waals surface area contributed by atoms with Crippen molar-refractivity contribution in [3.63, 3.8) is 0 Å². The number of carbonyl (C=O) groups is 2. The number of phenolic OH excluding ortho intramolecular Hbond substituents is 1. The Morgan fingerprint density at radius 3 is 2.29 bits per heavy atom. The molecule has 0 saturated carbocycles. The minimum atomic E-state index is -0.980. The van der Waals surface area contributed by atoms with Gasteiger partial charge in [-0.1, -0.05) is 22.0 Å². The Morgan fingerprint density at radius 2 is 1.65 bits per heavy atom. The first kappa shape index (κ1) is 24.0. The number of phenols is 1. The Kier molecular flexibility index (Phi) is 7.28. The van der Waals surface area contributed by atoms with E-state index in [-0.39, 0.29) is 17.0 Å².